The second-order valence-corrected chi connectivity index (χ2v) is 8.78. The van der Waals surface area contributed by atoms with Crippen molar-refractivity contribution in [1.29, 1.82) is 0 Å². The van der Waals surface area contributed by atoms with E-state index in [-0.39, 0.29) is 17.5 Å². The minimum absolute atomic E-state index is 0.0262. The number of aromatic nitrogens is 6. The number of anilines is 2. The Morgan fingerprint density at radius 2 is 1.75 bits per heavy atom. The molecule has 1 amide bonds. The van der Waals surface area contributed by atoms with Crippen LogP contribution in [0.2, 0.25) is 0 Å². The summed E-state index contributed by atoms with van der Waals surface area (Å²) in [4.78, 5) is 14.8. The summed E-state index contributed by atoms with van der Waals surface area (Å²) in [6.45, 7) is 3.63. The number of alkyl halides is 3. The minimum atomic E-state index is -4.65. The maximum absolute atomic E-state index is 13.2. The Bertz CT molecular complexity index is 1350. The molecule has 1 aliphatic rings. The fraction of sp³-hybridized carbons (Fsp3) is 0.375. The molecule has 0 unspecified atom stereocenters. The van der Waals surface area contributed by atoms with Crippen molar-refractivity contribution in [3.05, 3.63) is 65.6 Å². The van der Waals surface area contributed by atoms with Gasteiger partial charge in [0.15, 0.2) is 5.65 Å². The van der Waals surface area contributed by atoms with Gasteiger partial charge in [-0.25, -0.2) is 4.68 Å². The number of rotatable bonds is 6. The predicted octanol–water partition coefficient (Wildman–Crippen LogP) is 3.81. The van der Waals surface area contributed by atoms with Crippen molar-refractivity contribution in [3.63, 3.8) is 0 Å². The first-order valence-electron chi connectivity index (χ1n) is 11.8. The van der Waals surface area contributed by atoms with Gasteiger partial charge in [0.05, 0.1) is 12.7 Å². The highest BCUT2D eigenvalue weighted by Gasteiger charge is 2.38. The summed E-state index contributed by atoms with van der Waals surface area (Å²) in [6.07, 6.45) is -0.927. The molecule has 0 aliphatic carbocycles. The highest BCUT2D eigenvalue weighted by Crippen LogP contribution is 2.29. The van der Waals surface area contributed by atoms with Gasteiger partial charge < -0.3 is 10.2 Å². The van der Waals surface area contributed by atoms with Crippen LogP contribution in [0, 0.1) is 5.92 Å². The van der Waals surface area contributed by atoms with Crippen LogP contribution in [-0.2, 0) is 23.9 Å². The van der Waals surface area contributed by atoms with Gasteiger partial charge in [-0.3, -0.25) is 4.79 Å². The largest absolute Gasteiger partial charge is 0.453 e. The normalized spacial score (nSPS) is 14.9. The summed E-state index contributed by atoms with van der Waals surface area (Å²) in [5, 5.41) is 18.2. The molecule has 36 heavy (non-hydrogen) atoms. The highest BCUT2D eigenvalue weighted by molar-refractivity contribution is 5.92. The van der Waals surface area contributed by atoms with E-state index in [0.29, 0.717) is 48.6 Å². The molecule has 0 radical (unpaired) electrons. The van der Waals surface area contributed by atoms with Crippen LogP contribution in [0.4, 0.5) is 24.8 Å². The summed E-state index contributed by atoms with van der Waals surface area (Å²) >= 11 is 0. The monoisotopic (exact) mass is 498 g/mol. The number of benzene rings is 1. The first-order valence-corrected chi connectivity index (χ1v) is 11.8. The van der Waals surface area contributed by atoms with Crippen molar-refractivity contribution >= 4 is 23.2 Å². The maximum Gasteiger partial charge on any atom is 0.453 e. The van der Waals surface area contributed by atoms with E-state index in [1.807, 2.05) is 4.90 Å². The number of halogens is 3. The fourth-order valence-corrected chi connectivity index (χ4v) is 4.34. The number of nitrogens with one attached hydrogen (secondary N) is 1. The van der Waals surface area contributed by atoms with Crippen molar-refractivity contribution in [1.82, 2.24) is 29.6 Å². The number of hydrogen-bond acceptors (Lipinski definition) is 6. The quantitative estimate of drug-likeness (QED) is 0.435. The average Bonchev–Trinajstić information content (AvgIpc) is 3.51. The van der Waals surface area contributed by atoms with Gasteiger partial charge in [-0.2, -0.15) is 22.8 Å². The molecule has 12 heteroatoms. The van der Waals surface area contributed by atoms with Crippen LogP contribution in [0.1, 0.15) is 36.7 Å². The van der Waals surface area contributed by atoms with E-state index < -0.39 is 12.0 Å². The molecule has 9 nitrogen and oxygen atoms in total. The second kappa shape index (κ2) is 9.59. The number of carbonyl (C=O) groups is 1. The van der Waals surface area contributed by atoms with Crippen LogP contribution in [0.25, 0.3) is 5.65 Å². The van der Waals surface area contributed by atoms with Gasteiger partial charge in [0.2, 0.25) is 5.91 Å². The Balaban J connectivity index is 1.21. The van der Waals surface area contributed by atoms with E-state index in [1.165, 1.54) is 11.6 Å². The van der Waals surface area contributed by atoms with Crippen molar-refractivity contribution < 1.29 is 18.0 Å². The third kappa shape index (κ3) is 4.88. The van der Waals surface area contributed by atoms with Crippen LogP contribution in [0.15, 0.2) is 48.7 Å². The molecule has 5 rings (SSSR count). The zero-order valence-electron chi connectivity index (χ0n) is 19.6. The third-order valence-corrected chi connectivity index (χ3v) is 6.42. The van der Waals surface area contributed by atoms with Crippen LogP contribution < -0.4 is 10.2 Å². The Hall–Kier alpha value is -3.96. The number of fused-ring (bicyclic) bond motifs is 1. The number of nitrogens with zero attached hydrogens (tertiary/aromatic N) is 7. The molecule has 4 heterocycles. The number of piperidine rings is 1. The molecule has 4 aromatic rings. The molecule has 188 valence electrons. The first-order chi connectivity index (χ1) is 17.3. The molecule has 1 aromatic carbocycles. The average molecular weight is 499 g/mol. The third-order valence-electron chi connectivity index (χ3n) is 6.42. The molecule has 0 atom stereocenters. The Kier molecular flexibility index (Phi) is 6.33. The van der Waals surface area contributed by atoms with Gasteiger partial charge in [0, 0.05) is 25.1 Å². The lowest BCUT2D eigenvalue weighted by atomic mass is 9.96. The van der Waals surface area contributed by atoms with Crippen molar-refractivity contribution in [2.75, 3.05) is 23.3 Å². The standard InChI is InChI=1S/C24H25F3N8O/c1-2-16-3-5-17(6-4-16)15-34-19(9-12-28-34)29-22(36)18-10-13-33(14-11-18)21-8-7-20-30-31-23(24(25,26)27)35(20)32-21/h3-9,12,18H,2,10-11,13-15H2,1H3,(H,29,36). The predicted molar refractivity (Wildman–Crippen MR) is 126 cm³/mol. The molecule has 3 aromatic heterocycles. The highest BCUT2D eigenvalue weighted by atomic mass is 19.4. The maximum atomic E-state index is 13.2. The molecule has 0 bridgehead atoms. The molecule has 1 N–H and O–H groups in total. The van der Waals surface area contributed by atoms with Crippen LogP contribution in [-0.4, -0.2) is 48.6 Å². The van der Waals surface area contributed by atoms with E-state index in [4.69, 9.17) is 0 Å². The number of amides is 1. The SMILES string of the molecule is CCc1ccc(Cn2nccc2NC(=O)C2CCN(c3ccc4nnc(C(F)(F)F)n4n3)CC2)cc1. The summed E-state index contributed by atoms with van der Waals surface area (Å²) in [6, 6.07) is 13.1. The summed E-state index contributed by atoms with van der Waals surface area (Å²) in [7, 11) is 0. The molecule has 0 saturated carbocycles. The van der Waals surface area contributed by atoms with E-state index in [9.17, 15) is 18.0 Å². The Morgan fingerprint density at radius 1 is 1.03 bits per heavy atom. The zero-order valence-corrected chi connectivity index (χ0v) is 19.6. The topological polar surface area (TPSA) is 93.2 Å². The Labute approximate surface area is 204 Å². The number of carbonyl (C=O) groups excluding carboxylic acids is 1. The lowest BCUT2D eigenvalue weighted by Gasteiger charge is -2.32. The molecule has 0 spiro atoms. The van der Waals surface area contributed by atoms with E-state index >= 15 is 0 Å². The summed E-state index contributed by atoms with van der Waals surface area (Å²) in [5.74, 6) is -0.469. The van der Waals surface area contributed by atoms with E-state index in [2.05, 4.69) is 56.9 Å². The van der Waals surface area contributed by atoms with E-state index in [1.54, 1.807) is 23.0 Å². The van der Waals surface area contributed by atoms with Crippen molar-refractivity contribution in [3.8, 4) is 0 Å². The van der Waals surface area contributed by atoms with Crippen LogP contribution >= 0.6 is 0 Å². The molecular formula is C24H25F3N8O. The van der Waals surface area contributed by atoms with Gasteiger partial charge >= 0.3 is 6.18 Å². The summed E-state index contributed by atoms with van der Waals surface area (Å²) < 4.78 is 42.0. The zero-order chi connectivity index (χ0) is 25.3. The van der Waals surface area contributed by atoms with Gasteiger partial charge in [-0.1, -0.05) is 31.2 Å². The molecular weight excluding hydrogens is 473 g/mol. The number of hydrogen-bond donors (Lipinski definition) is 1. The van der Waals surface area contributed by atoms with E-state index in [0.717, 1.165) is 12.0 Å². The van der Waals surface area contributed by atoms with Gasteiger partial charge in [-0.05, 0) is 42.5 Å². The first kappa shape index (κ1) is 23.8. The lowest BCUT2D eigenvalue weighted by Crippen LogP contribution is -2.39. The van der Waals surface area contributed by atoms with Crippen LogP contribution in [0.3, 0.4) is 0 Å². The smallest absolute Gasteiger partial charge is 0.355 e. The van der Waals surface area contributed by atoms with Gasteiger partial charge in [-0.15, -0.1) is 15.3 Å². The minimum Gasteiger partial charge on any atom is -0.355 e. The van der Waals surface area contributed by atoms with Crippen LogP contribution in [0.5, 0.6) is 0 Å². The van der Waals surface area contributed by atoms with Crippen molar-refractivity contribution in [2.45, 2.75) is 38.9 Å². The van der Waals surface area contributed by atoms with Crippen molar-refractivity contribution in [2.24, 2.45) is 5.92 Å². The molecule has 1 fully saturated rings. The second-order valence-electron chi connectivity index (χ2n) is 8.78. The van der Waals surface area contributed by atoms with Gasteiger partial charge in [0.25, 0.3) is 5.82 Å². The van der Waals surface area contributed by atoms with Gasteiger partial charge in [0.1, 0.15) is 11.6 Å². The molecule has 1 saturated heterocycles. The summed E-state index contributed by atoms with van der Waals surface area (Å²) in [5.41, 5.74) is 2.38. The Morgan fingerprint density at radius 3 is 2.44 bits per heavy atom. The fourth-order valence-electron chi connectivity index (χ4n) is 4.34. The molecule has 1 aliphatic heterocycles. The lowest BCUT2D eigenvalue weighted by molar-refractivity contribution is -0.146. The number of aryl methyl sites for hydroxylation is 1.